The number of carbonyl (C=O) groups excluding carboxylic acids is 2. The van der Waals surface area contributed by atoms with Gasteiger partial charge in [-0.25, -0.2) is 9.97 Å². The van der Waals surface area contributed by atoms with E-state index in [0.717, 1.165) is 5.56 Å². The van der Waals surface area contributed by atoms with Crippen molar-refractivity contribution in [3.8, 4) is 11.5 Å². The predicted octanol–water partition coefficient (Wildman–Crippen LogP) is 0.577. The Labute approximate surface area is 179 Å². The number of aryl methyl sites for hydroxylation is 1. The molecule has 0 bridgehead atoms. The fourth-order valence-corrected chi connectivity index (χ4v) is 3.43. The van der Waals surface area contributed by atoms with Gasteiger partial charge in [0.25, 0.3) is 0 Å². The van der Waals surface area contributed by atoms with E-state index >= 15 is 0 Å². The van der Waals surface area contributed by atoms with Crippen LogP contribution in [0, 0.1) is 6.92 Å². The van der Waals surface area contributed by atoms with E-state index < -0.39 is 6.04 Å². The van der Waals surface area contributed by atoms with Crippen LogP contribution in [0.25, 0.3) is 11.5 Å². The fraction of sp³-hybridized carbons (Fsp3) is 0.333. The second-order valence-electron chi connectivity index (χ2n) is 7.44. The number of benzene rings is 1. The first-order valence-corrected chi connectivity index (χ1v) is 10.1. The third kappa shape index (κ3) is 5.28. The average molecular weight is 420 g/mol. The van der Waals surface area contributed by atoms with Crippen molar-refractivity contribution in [3.63, 3.8) is 0 Å². The zero-order chi connectivity index (χ0) is 21.6. The molecule has 3 heterocycles. The molecule has 2 amide bonds. The minimum atomic E-state index is -0.514. The summed E-state index contributed by atoms with van der Waals surface area (Å²) in [6.45, 7) is 4.11. The van der Waals surface area contributed by atoms with Crippen molar-refractivity contribution in [2.45, 2.75) is 32.5 Å². The van der Waals surface area contributed by atoms with Crippen molar-refractivity contribution in [2.24, 2.45) is 0 Å². The maximum Gasteiger partial charge on any atom is 0.237 e. The Morgan fingerprint density at radius 1 is 1.26 bits per heavy atom. The lowest BCUT2D eigenvalue weighted by Crippen LogP contribution is -2.56. The van der Waals surface area contributed by atoms with Gasteiger partial charge in [-0.3, -0.25) is 24.6 Å². The summed E-state index contributed by atoms with van der Waals surface area (Å²) in [5, 5.41) is 12.5. The Morgan fingerprint density at radius 3 is 2.87 bits per heavy atom. The van der Waals surface area contributed by atoms with Crippen LogP contribution in [-0.4, -0.2) is 61.0 Å². The highest BCUT2D eigenvalue weighted by molar-refractivity contribution is 5.88. The van der Waals surface area contributed by atoms with E-state index in [2.05, 4.69) is 47.9 Å². The number of hydrogen-bond donors (Lipinski definition) is 3. The zero-order valence-corrected chi connectivity index (χ0v) is 17.2. The number of H-pyrrole nitrogens is 1. The molecule has 1 unspecified atom stereocenters. The number of aromatic nitrogens is 5. The van der Waals surface area contributed by atoms with Crippen molar-refractivity contribution < 1.29 is 9.59 Å². The van der Waals surface area contributed by atoms with Gasteiger partial charge >= 0.3 is 0 Å². The number of aromatic amines is 1. The van der Waals surface area contributed by atoms with E-state index in [1.165, 1.54) is 5.56 Å². The van der Waals surface area contributed by atoms with Crippen LogP contribution in [0.2, 0.25) is 0 Å². The maximum absolute atomic E-state index is 12.5. The lowest BCUT2D eigenvalue weighted by Gasteiger charge is -2.34. The highest BCUT2D eigenvalue weighted by Gasteiger charge is 2.31. The highest BCUT2D eigenvalue weighted by Crippen LogP contribution is 2.15. The van der Waals surface area contributed by atoms with Gasteiger partial charge in [-0.15, -0.1) is 0 Å². The second kappa shape index (κ2) is 9.43. The molecule has 0 radical (unpaired) electrons. The molecular weight excluding hydrogens is 396 g/mol. The first-order valence-electron chi connectivity index (χ1n) is 10.1. The monoisotopic (exact) mass is 420 g/mol. The van der Waals surface area contributed by atoms with Crippen LogP contribution in [0.3, 0.4) is 0 Å². The molecule has 3 N–H and O–H groups in total. The average Bonchev–Trinajstić information content (AvgIpc) is 3.26. The van der Waals surface area contributed by atoms with E-state index in [-0.39, 0.29) is 24.8 Å². The van der Waals surface area contributed by atoms with E-state index in [9.17, 15) is 9.59 Å². The number of rotatable bonds is 7. The van der Waals surface area contributed by atoms with Crippen LogP contribution in [-0.2, 0) is 22.7 Å². The predicted molar refractivity (Wildman–Crippen MR) is 112 cm³/mol. The molecule has 1 aromatic carbocycles. The number of nitrogens with one attached hydrogen (secondary N) is 3. The second-order valence-corrected chi connectivity index (χ2v) is 7.44. The summed E-state index contributed by atoms with van der Waals surface area (Å²) in [7, 11) is 0. The van der Waals surface area contributed by atoms with Crippen molar-refractivity contribution in [1.82, 2.24) is 40.7 Å². The van der Waals surface area contributed by atoms with E-state index in [1.807, 2.05) is 24.0 Å². The van der Waals surface area contributed by atoms with E-state index in [0.29, 0.717) is 37.0 Å². The molecule has 1 aliphatic rings. The number of hydrogen-bond acceptors (Lipinski definition) is 7. The molecule has 160 valence electrons. The number of nitrogens with zero attached hydrogens (tertiary/aromatic N) is 5. The van der Waals surface area contributed by atoms with Crippen LogP contribution in [0.5, 0.6) is 0 Å². The lowest BCUT2D eigenvalue weighted by atomic mass is 10.1. The summed E-state index contributed by atoms with van der Waals surface area (Å²) >= 11 is 0. The smallest absolute Gasteiger partial charge is 0.237 e. The zero-order valence-electron chi connectivity index (χ0n) is 17.2. The molecule has 2 aromatic heterocycles. The van der Waals surface area contributed by atoms with E-state index in [4.69, 9.17) is 0 Å². The van der Waals surface area contributed by atoms with Crippen molar-refractivity contribution >= 4 is 11.8 Å². The number of carbonyl (C=O) groups is 2. The molecular formula is C21H24N8O2. The summed E-state index contributed by atoms with van der Waals surface area (Å²) in [4.78, 5) is 39.5. The van der Waals surface area contributed by atoms with Crippen LogP contribution in [0.15, 0.2) is 42.9 Å². The topological polar surface area (TPSA) is 129 Å². The maximum atomic E-state index is 12.5. The van der Waals surface area contributed by atoms with Gasteiger partial charge in [0.05, 0.1) is 25.2 Å². The van der Waals surface area contributed by atoms with Crippen molar-refractivity contribution in [3.05, 3.63) is 59.8 Å². The number of piperazine rings is 1. The van der Waals surface area contributed by atoms with Gasteiger partial charge in [-0.05, 0) is 12.5 Å². The van der Waals surface area contributed by atoms with Crippen LogP contribution >= 0.6 is 0 Å². The molecule has 1 atom stereocenters. The standard InChI is InChI=1S/C21H24N8O2/c1-14-2-4-15(5-3-14)13-29-9-8-24-21(31)17(29)10-19(30)25-12-18-26-20(28-27-18)16-11-22-6-7-23-16/h2-7,11,17H,8-10,12-13H2,1H3,(H,24,31)(H,25,30)(H,26,27,28). The third-order valence-corrected chi connectivity index (χ3v) is 5.10. The van der Waals surface area contributed by atoms with Gasteiger partial charge in [0.15, 0.2) is 0 Å². The fourth-order valence-electron chi connectivity index (χ4n) is 3.43. The minimum Gasteiger partial charge on any atom is -0.353 e. The summed E-state index contributed by atoms with van der Waals surface area (Å²) in [5.74, 6) is 0.554. The molecule has 1 fully saturated rings. The molecule has 0 saturated carbocycles. The largest absolute Gasteiger partial charge is 0.353 e. The Kier molecular flexibility index (Phi) is 6.27. The Bertz CT molecular complexity index is 1040. The molecule has 10 nitrogen and oxygen atoms in total. The van der Waals surface area contributed by atoms with Gasteiger partial charge in [-0.1, -0.05) is 29.8 Å². The summed E-state index contributed by atoms with van der Waals surface area (Å²) in [5.41, 5.74) is 2.84. The van der Waals surface area contributed by atoms with Gasteiger partial charge in [0, 0.05) is 32.0 Å². The van der Waals surface area contributed by atoms with Crippen LogP contribution in [0.4, 0.5) is 0 Å². The summed E-state index contributed by atoms with van der Waals surface area (Å²) in [6, 6.07) is 7.69. The van der Waals surface area contributed by atoms with Crippen LogP contribution < -0.4 is 10.6 Å². The van der Waals surface area contributed by atoms with Gasteiger partial charge in [-0.2, -0.15) is 5.10 Å². The van der Waals surface area contributed by atoms with Gasteiger partial charge in [0.1, 0.15) is 11.5 Å². The molecule has 31 heavy (non-hydrogen) atoms. The van der Waals surface area contributed by atoms with Gasteiger partial charge in [0.2, 0.25) is 17.6 Å². The normalized spacial score (nSPS) is 16.7. The van der Waals surface area contributed by atoms with Crippen molar-refractivity contribution in [2.75, 3.05) is 13.1 Å². The Hall–Kier alpha value is -3.66. The first kappa shape index (κ1) is 20.6. The van der Waals surface area contributed by atoms with E-state index in [1.54, 1.807) is 18.6 Å². The molecule has 3 aromatic rings. The lowest BCUT2D eigenvalue weighted by molar-refractivity contribution is -0.134. The highest BCUT2D eigenvalue weighted by atomic mass is 16.2. The summed E-state index contributed by atoms with van der Waals surface area (Å²) in [6.07, 6.45) is 4.77. The number of amides is 2. The van der Waals surface area contributed by atoms with Gasteiger partial charge < -0.3 is 10.6 Å². The Balaban J connectivity index is 1.34. The summed E-state index contributed by atoms with van der Waals surface area (Å²) < 4.78 is 0. The molecule has 10 heteroatoms. The Morgan fingerprint density at radius 2 is 2.10 bits per heavy atom. The molecule has 1 saturated heterocycles. The first-order chi connectivity index (χ1) is 15.1. The minimum absolute atomic E-state index is 0.0723. The quantitative estimate of drug-likeness (QED) is 0.510. The molecule has 0 aliphatic carbocycles. The van der Waals surface area contributed by atoms with Crippen LogP contribution in [0.1, 0.15) is 23.4 Å². The molecule has 0 spiro atoms. The molecule has 1 aliphatic heterocycles. The third-order valence-electron chi connectivity index (χ3n) is 5.10. The SMILES string of the molecule is Cc1ccc(CN2CCNC(=O)C2CC(=O)NCc2nc(-c3cnccn3)n[nH]2)cc1. The van der Waals surface area contributed by atoms with Crippen molar-refractivity contribution in [1.29, 1.82) is 0 Å². The molecule has 4 rings (SSSR count).